The van der Waals surface area contributed by atoms with Gasteiger partial charge >= 0.3 is 5.97 Å². The van der Waals surface area contributed by atoms with E-state index in [2.05, 4.69) is 5.43 Å². The first kappa shape index (κ1) is 17.8. The molecule has 1 saturated heterocycles. The highest BCUT2D eigenvalue weighted by atomic mass is 16.5. The summed E-state index contributed by atoms with van der Waals surface area (Å²) in [5.74, 6) is -1.83. The third-order valence-electron chi connectivity index (χ3n) is 4.38. The van der Waals surface area contributed by atoms with E-state index in [1.54, 1.807) is 24.3 Å². The Morgan fingerprint density at radius 1 is 1.19 bits per heavy atom. The molecule has 136 valence electrons. The standard InChI is InChI=1S/C18H19N3O5/c1-10-4-6-12(7-5-10)21-16(23)13-14(18(25)26-3)19-20(9-8-11(2)22)15(13)17(21)24/h4-7,15,19H,8-9H2,1-3H3/t15-/m0/s1. The van der Waals surface area contributed by atoms with E-state index in [0.717, 1.165) is 10.5 Å². The molecule has 1 N–H and O–H groups in total. The summed E-state index contributed by atoms with van der Waals surface area (Å²) in [6.45, 7) is 3.52. The van der Waals surface area contributed by atoms with Crippen LogP contribution in [0.3, 0.4) is 0 Å². The third-order valence-corrected chi connectivity index (χ3v) is 4.38. The Balaban J connectivity index is 2.01. The van der Waals surface area contributed by atoms with Crippen LogP contribution in [-0.2, 0) is 23.9 Å². The molecule has 2 amide bonds. The molecule has 2 aliphatic heterocycles. The van der Waals surface area contributed by atoms with Crippen LogP contribution in [0.1, 0.15) is 18.9 Å². The molecule has 0 aliphatic carbocycles. The van der Waals surface area contributed by atoms with Crippen molar-refractivity contribution in [1.82, 2.24) is 10.4 Å². The number of fused-ring (bicyclic) bond motifs is 1. The number of esters is 1. The number of carbonyl (C=O) groups is 4. The number of nitrogens with one attached hydrogen (secondary N) is 1. The second-order valence-electron chi connectivity index (χ2n) is 6.25. The summed E-state index contributed by atoms with van der Waals surface area (Å²) in [6.07, 6.45) is 0.178. The van der Waals surface area contributed by atoms with Crippen molar-refractivity contribution in [2.45, 2.75) is 26.3 Å². The molecule has 0 saturated carbocycles. The van der Waals surface area contributed by atoms with Crippen LogP contribution in [0.15, 0.2) is 35.5 Å². The molecule has 0 unspecified atom stereocenters. The molecule has 26 heavy (non-hydrogen) atoms. The van der Waals surface area contributed by atoms with E-state index in [9.17, 15) is 19.2 Å². The zero-order valence-electron chi connectivity index (χ0n) is 14.7. The lowest BCUT2D eigenvalue weighted by molar-refractivity contribution is -0.137. The fraction of sp³-hybridized carbons (Fsp3) is 0.333. The van der Waals surface area contributed by atoms with Gasteiger partial charge in [-0.25, -0.2) is 14.7 Å². The number of ketones is 1. The molecular formula is C18H19N3O5. The number of rotatable bonds is 5. The highest BCUT2D eigenvalue weighted by Gasteiger charge is 2.53. The summed E-state index contributed by atoms with van der Waals surface area (Å²) in [4.78, 5) is 50.3. The summed E-state index contributed by atoms with van der Waals surface area (Å²) in [6, 6.07) is 5.99. The highest BCUT2D eigenvalue weighted by molar-refractivity contribution is 6.32. The summed E-state index contributed by atoms with van der Waals surface area (Å²) in [5, 5.41) is 1.44. The average Bonchev–Trinajstić information content (AvgIpc) is 3.11. The van der Waals surface area contributed by atoms with Crippen LogP contribution >= 0.6 is 0 Å². The van der Waals surface area contributed by atoms with Gasteiger partial charge in [-0.2, -0.15) is 0 Å². The minimum absolute atomic E-state index is 0.0472. The van der Waals surface area contributed by atoms with Gasteiger partial charge in [0.15, 0.2) is 0 Å². The van der Waals surface area contributed by atoms with Crippen LogP contribution in [0.4, 0.5) is 5.69 Å². The van der Waals surface area contributed by atoms with Crippen molar-refractivity contribution < 1.29 is 23.9 Å². The maximum atomic E-state index is 12.9. The first-order chi connectivity index (χ1) is 12.3. The predicted molar refractivity (Wildman–Crippen MR) is 91.6 cm³/mol. The summed E-state index contributed by atoms with van der Waals surface area (Å²) in [5.41, 5.74) is 4.17. The van der Waals surface area contributed by atoms with Gasteiger partial charge in [0.1, 0.15) is 17.5 Å². The third kappa shape index (κ3) is 2.88. The van der Waals surface area contributed by atoms with Crippen LogP contribution < -0.4 is 10.3 Å². The molecule has 0 bridgehead atoms. The summed E-state index contributed by atoms with van der Waals surface area (Å²) >= 11 is 0. The Hall–Kier alpha value is -3.00. The van der Waals surface area contributed by atoms with E-state index in [0.29, 0.717) is 5.69 Å². The van der Waals surface area contributed by atoms with Gasteiger partial charge in [0.2, 0.25) is 0 Å². The highest BCUT2D eigenvalue weighted by Crippen LogP contribution is 2.34. The SMILES string of the molecule is COC(=O)C1=C2C(=O)N(c3ccc(C)cc3)C(=O)[C@H]2N(CCC(C)=O)N1. The molecule has 8 nitrogen and oxygen atoms in total. The first-order valence-electron chi connectivity index (χ1n) is 8.15. The van der Waals surface area contributed by atoms with Gasteiger partial charge in [0.25, 0.3) is 11.8 Å². The lowest BCUT2D eigenvalue weighted by atomic mass is 10.1. The van der Waals surface area contributed by atoms with Gasteiger partial charge in [-0.15, -0.1) is 0 Å². The topological polar surface area (TPSA) is 96.0 Å². The number of aryl methyl sites for hydroxylation is 1. The van der Waals surface area contributed by atoms with Crippen LogP contribution in [0.2, 0.25) is 0 Å². The minimum Gasteiger partial charge on any atom is -0.464 e. The van der Waals surface area contributed by atoms with Crippen LogP contribution in [0, 0.1) is 6.92 Å². The van der Waals surface area contributed by atoms with Crippen molar-refractivity contribution in [3.63, 3.8) is 0 Å². The fourth-order valence-corrected chi connectivity index (χ4v) is 3.04. The van der Waals surface area contributed by atoms with Crippen molar-refractivity contribution in [3.05, 3.63) is 41.1 Å². The number of hydrogen-bond donors (Lipinski definition) is 1. The number of anilines is 1. The smallest absolute Gasteiger partial charge is 0.356 e. The number of ether oxygens (including phenoxy) is 1. The normalized spacial score (nSPS) is 19.7. The van der Waals surface area contributed by atoms with Crippen molar-refractivity contribution >= 4 is 29.3 Å². The monoisotopic (exact) mass is 357 g/mol. The molecule has 1 fully saturated rings. The van der Waals surface area contributed by atoms with Crippen LogP contribution in [0.25, 0.3) is 0 Å². The Kier molecular flexibility index (Phi) is 4.60. The number of carbonyl (C=O) groups excluding carboxylic acids is 4. The number of imide groups is 1. The van der Waals surface area contributed by atoms with Crippen molar-refractivity contribution in [3.8, 4) is 0 Å². The molecule has 2 heterocycles. The lowest BCUT2D eigenvalue weighted by Gasteiger charge is -2.23. The molecule has 8 heteroatoms. The van der Waals surface area contributed by atoms with E-state index in [-0.39, 0.29) is 30.0 Å². The fourth-order valence-electron chi connectivity index (χ4n) is 3.04. The van der Waals surface area contributed by atoms with Gasteiger partial charge in [-0.05, 0) is 26.0 Å². The van der Waals surface area contributed by atoms with Gasteiger partial charge in [0, 0.05) is 13.0 Å². The minimum atomic E-state index is -0.961. The quantitative estimate of drug-likeness (QED) is 0.604. The second kappa shape index (κ2) is 6.72. The predicted octanol–water partition coefficient (Wildman–Crippen LogP) is 0.463. The summed E-state index contributed by atoms with van der Waals surface area (Å²) < 4.78 is 4.72. The van der Waals surface area contributed by atoms with Crippen LogP contribution in [0.5, 0.6) is 0 Å². The van der Waals surface area contributed by atoms with Gasteiger partial charge in [-0.3, -0.25) is 14.4 Å². The number of Topliss-reactive ketones (excluding diaryl/α,β-unsaturated/α-hetero) is 1. The molecule has 1 atom stereocenters. The number of hydrazine groups is 1. The first-order valence-corrected chi connectivity index (χ1v) is 8.15. The zero-order chi connectivity index (χ0) is 19.0. The number of amides is 2. The Morgan fingerprint density at radius 3 is 2.42 bits per heavy atom. The largest absolute Gasteiger partial charge is 0.464 e. The van der Waals surface area contributed by atoms with Crippen molar-refractivity contribution in [1.29, 1.82) is 0 Å². The molecule has 1 aromatic rings. The van der Waals surface area contributed by atoms with E-state index in [1.807, 2.05) is 6.92 Å². The van der Waals surface area contributed by atoms with E-state index in [4.69, 9.17) is 4.74 Å². The maximum Gasteiger partial charge on any atom is 0.356 e. The van der Waals surface area contributed by atoms with Gasteiger partial charge in [-0.1, -0.05) is 17.7 Å². The molecule has 2 aliphatic rings. The average molecular weight is 357 g/mol. The second-order valence-corrected chi connectivity index (χ2v) is 6.25. The Morgan fingerprint density at radius 2 is 1.85 bits per heavy atom. The van der Waals surface area contributed by atoms with E-state index < -0.39 is 23.8 Å². The van der Waals surface area contributed by atoms with Crippen LogP contribution in [-0.4, -0.2) is 48.3 Å². The maximum absolute atomic E-state index is 12.9. The number of benzene rings is 1. The molecule has 0 spiro atoms. The van der Waals surface area contributed by atoms with E-state index in [1.165, 1.54) is 19.0 Å². The van der Waals surface area contributed by atoms with Gasteiger partial charge in [0.05, 0.1) is 18.4 Å². The zero-order valence-corrected chi connectivity index (χ0v) is 14.7. The summed E-state index contributed by atoms with van der Waals surface area (Å²) in [7, 11) is 1.20. The molecule has 3 rings (SSSR count). The number of hydrogen-bond acceptors (Lipinski definition) is 7. The lowest BCUT2D eigenvalue weighted by Crippen LogP contribution is -2.47. The molecule has 0 radical (unpaired) electrons. The molecule has 0 aromatic heterocycles. The van der Waals surface area contributed by atoms with Gasteiger partial charge < -0.3 is 10.2 Å². The Labute approximate surface area is 150 Å². The Bertz CT molecular complexity index is 828. The van der Waals surface area contributed by atoms with Crippen molar-refractivity contribution in [2.75, 3.05) is 18.6 Å². The molecule has 1 aromatic carbocycles. The number of methoxy groups -OCH3 is 1. The molecular weight excluding hydrogens is 338 g/mol. The van der Waals surface area contributed by atoms with Crippen molar-refractivity contribution in [2.24, 2.45) is 0 Å². The number of nitrogens with zero attached hydrogens (tertiary/aromatic N) is 2. The van der Waals surface area contributed by atoms with E-state index >= 15 is 0 Å².